The Morgan fingerprint density at radius 3 is 2.95 bits per heavy atom. The van der Waals surface area contributed by atoms with E-state index < -0.39 is 0 Å². The van der Waals surface area contributed by atoms with Gasteiger partial charge in [0.05, 0.1) is 37.4 Å². The number of halogens is 1. The quantitative estimate of drug-likeness (QED) is 0.914. The maximum Gasteiger partial charge on any atom is 0.226 e. The lowest BCUT2D eigenvalue weighted by molar-refractivity contribution is -0.135. The number of phenols is 1. The molecule has 1 amide bonds. The Hall–Kier alpha value is -1.30. The van der Waals surface area contributed by atoms with Crippen LogP contribution >= 0.6 is 11.6 Å². The summed E-state index contributed by atoms with van der Waals surface area (Å²) in [6.45, 7) is 2.20. The number of aromatic hydroxyl groups is 1. The van der Waals surface area contributed by atoms with E-state index in [-0.39, 0.29) is 29.2 Å². The monoisotopic (exact) mass is 299 g/mol. The van der Waals surface area contributed by atoms with Crippen LogP contribution in [-0.4, -0.2) is 55.4 Å². The first-order chi connectivity index (χ1) is 9.56. The molecule has 0 radical (unpaired) electrons. The number of carbonyl (C=O) groups excluding carboxylic acids is 1. The van der Waals surface area contributed by atoms with E-state index in [0.717, 1.165) is 5.56 Å². The van der Waals surface area contributed by atoms with Gasteiger partial charge in [-0.05, 0) is 17.7 Å². The average Bonchev–Trinajstić information content (AvgIpc) is 2.44. The summed E-state index contributed by atoms with van der Waals surface area (Å²) in [5, 5.41) is 9.60. The van der Waals surface area contributed by atoms with Crippen molar-refractivity contribution in [1.29, 1.82) is 0 Å². The molecule has 1 aliphatic rings. The second-order valence-electron chi connectivity index (χ2n) is 4.80. The molecule has 0 unspecified atom stereocenters. The molecule has 2 rings (SSSR count). The molecule has 1 heterocycles. The fraction of sp³-hybridized carbons (Fsp3) is 0.500. The average molecular weight is 300 g/mol. The first-order valence-corrected chi connectivity index (χ1v) is 6.85. The number of likely N-dealkylation sites (N-methyl/N-ethyl adjacent to an activating group) is 1. The molecule has 1 atom stereocenters. The molecule has 0 saturated carbocycles. The second kappa shape index (κ2) is 6.92. The van der Waals surface area contributed by atoms with E-state index in [4.69, 9.17) is 21.1 Å². The molecule has 1 aromatic rings. The molecule has 0 aliphatic carbocycles. The van der Waals surface area contributed by atoms with Crippen LogP contribution in [0.3, 0.4) is 0 Å². The van der Waals surface area contributed by atoms with Crippen LogP contribution in [0.4, 0.5) is 0 Å². The zero-order valence-electron chi connectivity index (χ0n) is 11.3. The van der Waals surface area contributed by atoms with Gasteiger partial charge in [0, 0.05) is 13.6 Å². The lowest BCUT2D eigenvalue weighted by Crippen LogP contribution is -2.41. The van der Waals surface area contributed by atoms with E-state index in [1.54, 1.807) is 24.1 Å². The summed E-state index contributed by atoms with van der Waals surface area (Å²) in [7, 11) is 1.74. The summed E-state index contributed by atoms with van der Waals surface area (Å²) in [5.74, 6) is -0.00935. The summed E-state index contributed by atoms with van der Waals surface area (Å²) in [5.41, 5.74) is 0.769. The van der Waals surface area contributed by atoms with Crippen molar-refractivity contribution in [2.45, 2.75) is 12.5 Å². The number of hydrogen-bond acceptors (Lipinski definition) is 4. The zero-order valence-corrected chi connectivity index (χ0v) is 12.1. The fourth-order valence-corrected chi connectivity index (χ4v) is 2.22. The maximum absolute atomic E-state index is 12.1. The summed E-state index contributed by atoms with van der Waals surface area (Å²) >= 11 is 5.82. The summed E-state index contributed by atoms with van der Waals surface area (Å²) in [6.07, 6.45) is 0.172. The normalized spacial score (nSPS) is 18.8. The van der Waals surface area contributed by atoms with Crippen molar-refractivity contribution in [3.63, 3.8) is 0 Å². The lowest BCUT2D eigenvalue weighted by atomic mass is 10.1. The van der Waals surface area contributed by atoms with Crippen LogP contribution < -0.4 is 0 Å². The molecular formula is C14H18ClNO4. The summed E-state index contributed by atoms with van der Waals surface area (Å²) in [6, 6.07) is 4.78. The first-order valence-electron chi connectivity index (χ1n) is 6.47. The van der Waals surface area contributed by atoms with E-state index in [0.29, 0.717) is 26.4 Å². The molecule has 1 N–H and O–H groups in total. The summed E-state index contributed by atoms with van der Waals surface area (Å²) in [4.78, 5) is 13.7. The first kappa shape index (κ1) is 15.1. The molecule has 6 heteroatoms. The van der Waals surface area contributed by atoms with Gasteiger partial charge in [-0.15, -0.1) is 0 Å². The Labute approximate surface area is 123 Å². The van der Waals surface area contributed by atoms with Gasteiger partial charge in [-0.2, -0.15) is 0 Å². The number of carbonyl (C=O) groups is 1. The van der Waals surface area contributed by atoms with Crippen LogP contribution in [0, 0.1) is 0 Å². The SMILES string of the molecule is CN(C[C@H]1COCCO1)C(=O)Cc1ccc(O)c(Cl)c1. The van der Waals surface area contributed by atoms with Crippen molar-refractivity contribution in [2.75, 3.05) is 33.4 Å². The summed E-state index contributed by atoms with van der Waals surface area (Å²) < 4.78 is 10.8. The molecule has 5 nitrogen and oxygen atoms in total. The Balaban J connectivity index is 1.88. The predicted octanol–water partition coefficient (Wildman–Crippen LogP) is 1.46. The molecular weight excluding hydrogens is 282 g/mol. The van der Waals surface area contributed by atoms with Gasteiger partial charge in [0.1, 0.15) is 5.75 Å². The van der Waals surface area contributed by atoms with E-state index >= 15 is 0 Å². The number of ether oxygens (including phenoxy) is 2. The van der Waals surface area contributed by atoms with Crippen molar-refractivity contribution in [1.82, 2.24) is 4.90 Å². The highest BCUT2D eigenvalue weighted by atomic mass is 35.5. The highest BCUT2D eigenvalue weighted by molar-refractivity contribution is 6.32. The van der Waals surface area contributed by atoms with Crippen LogP contribution in [0.5, 0.6) is 5.75 Å². The number of benzene rings is 1. The Morgan fingerprint density at radius 2 is 2.30 bits per heavy atom. The molecule has 1 aliphatic heterocycles. The number of hydrogen-bond donors (Lipinski definition) is 1. The van der Waals surface area contributed by atoms with E-state index in [2.05, 4.69) is 0 Å². The molecule has 110 valence electrons. The molecule has 0 aromatic heterocycles. The highest BCUT2D eigenvalue weighted by Gasteiger charge is 2.19. The van der Waals surface area contributed by atoms with Crippen LogP contribution in [0.15, 0.2) is 18.2 Å². The van der Waals surface area contributed by atoms with Crippen molar-refractivity contribution in [2.24, 2.45) is 0 Å². The van der Waals surface area contributed by atoms with E-state index in [1.807, 2.05) is 0 Å². The van der Waals surface area contributed by atoms with Crippen molar-refractivity contribution >= 4 is 17.5 Å². The molecule has 1 aromatic carbocycles. The van der Waals surface area contributed by atoms with Gasteiger partial charge in [0.25, 0.3) is 0 Å². The minimum atomic E-state index is -0.0684. The minimum absolute atomic E-state index is 0.0176. The largest absolute Gasteiger partial charge is 0.506 e. The predicted molar refractivity (Wildman–Crippen MR) is 75.0 cm³/mol. The number of phenolic OH excluding ortho intramolecular Hbond substituents is 1. The van der Waals surface area contributed by atoms with Crippen molar-refractivity contribution in [3.8, 4) is 5.75 Å². The number of amides is 1. The minimum Gasteiger partial charge on any atom is -0.506 e. The lowest BCUT2D eigenvalue weighted by Gasteiger charge is -2.27. The second-order valence-corrected chi connectivity index (χ2v) is 5.21. The van der Waals surface area contributed by atoms with Gasteiger partial charge in [-0.3, -0.25) is 4.79 Å². The van der Waals surface area contributed by atoms with Gasteiger partial charge >= 0.3 is 0 Å². The van der Waals surface area contributed by atoms with E-state index in [9.17, 15) is 9.90 Å². The third-order valence-corrected chi connectivity index (χ3v) is 3.46. The van der Waals surface area contributed by atoms with Gasteiger partial charge in [-0.25, -0.2) is 0 Å². The molecule has 1 saturated heterocycles. The maximum atomic E-state index is 12.1. The van der Waals surface area contributed by atoms with Crippen LogP contribution in [-0.2, 0) is 20.7 Å². The molecule has 20 heavy (non-hydrogen) atoms. The highest BCUT2D eigenvalue weighted by Crippen LogP contribution is 2.24. The zero-order chi connectivity index (χ0) is 14.5. The van der Waals surface area contributed by atoms with Crippen LogP contribution in [0.25, 0.3) is 0 Å². The van der Waals surface area contributed by atoms with Crippen molar-refractivity contribution < 1.29 is 19.4 Å². The third-order valence-electron chi connectivity index (χ3n) is 3.16. The Morgan fingerprint density at radius 1 is 1.50 bits per heavy atom. The Kier molecular flexibility index (Phi) is 5.23. The topological polar surface area (TPSA) is 59.0 Å². The van der Waals surface area contributed by atoms with Crippen molar-refractivity contribution in [3.05, 3.63) is 28.8 Å². The van der Waals surface area contributed by atoms with Gasteiger partial charge in [0.2, 0.25) is 5.91 Å². The number of nitrogens with zero attached hydrogens (tertiary/aromatic N) is 1. The Bertz CT molecular complexity index is 474. The van der Waals surface area contributed by atoms with Gasteiger partial charge < -0.3 is 19.5 Å². The standard InChI is InChI=1S/C14H18ClNO4/c1-16(8-11-9-19-4-5-20-11)14(18)7-10-2-3-13(17)12(15)6-10/h2-3,6,11,17H,4-5,7-9H2,1H3/t11-/m0/s1. The smallest absolute Gasteiger partial charge is 0.226 e. The number of rotatable bonds is 4. The molecule has 1 fully saturated rings. The molecule has 0 bridgehead atoms. The van der Waals surface area contributed by atoms with Crippen LogP contribution in [0.1, 0.15) is 5.56 Å². The third kappa shape index (κ3) is 4.10. The fourth-order valence-electron chi connectivity index (χ4n) is 2.02. The van der Waals surface area contributed by atoms with Gasteiger partial charge in [0.15, 0.2) is 0 Å². The molecule has 0 spiro atoms. The van der Waals surface area contributed by atoms with E-state index in [1.165, 1.54) is 6.07 Å². The van der Waals surface area contributed by atoms with Gasteiger partial charge in [-0.1, -0.05) is 17.7 Å². The van der Waals surface area contributed by atoms with Crippen LogP contribution in [0.2, 0.25) is 5.02 Å².